The maximum absolute atomic E-state index is 12.5. The van der Waals surface area contributed by atoms with Crippen LogP contribution >= 0.6 is 0 Å². The van der Waals surface area contributed by atoms with Crippen molar-refractivity contribution >= 4 is 11.9 Å². The van der Waals surface area contributed by atoms with Crippen LogP contribution in [0.5, 0.6) is 0 Å². The average molecular weight is 561 g/mol. The summed E-state index contributed by atoms with van der Waals surface area (Å²) < 4.78 is 17.4. The molecule has 5 aliphatic rings. The van der Waals surface area contributed by atoms with Gasteiger partial charge in [0.05, 0.1) is 24.4 Å². The lowest BCUT2D eigenvalue weighted by Gasteiger charge is -2.70. The van der Waals surface area contributed by atoms with Crippen molar-refractivity contribution in [3.8, 4) is 0 Å². The number of ether oxygens (including phenoxy) is 3. The van der Waals surface area contributed by atoms with Crippen LogP contribution in [0.2, 0.25) is 0 Å². The molecule has 1 heterocycles. The standard InChI is InChI=1S/C34H56O6/c1-29(2)23-13-18-33(7)24(31(23,5)16-14-25(29)39-28(36)20-27(35)38-9)11-10-21-22(12-17-32(21,33)6)34(8)19-15-26(40-34)30(3,4)37/h21-26,37H,10-20H2,1-9H3/t21-,22+,23+,24-,25-,26-,31+,32-,33-,34+/m1/s1. The molecule has 0 unspecified atom stereocenters. The first kappa shape index (κ1) is 30.3. The van der Waals surface area contributed by atoms with E-state index in [1.807, 2.05) is 13.8 Å². The molecule has 10 atom stereocenters. The first-order valence-corrected chi connectivity index (χ1v) is 16.1. The number of hydrogen-bond acceptors (Lipinski definition) is 6. The maximum atomic E-state index is 12.5. The van der Waals surface area contributed by atoms with Gasteiger partial charge in [0.1, 0.15) is 12.5 Å². The maximum Gasteiger partial charge on any atom is 0.317 e. The van der Waals surface area contributed by atoms with E-state index in [1.54, 1.807) is 0 Å². The molecule has 0 bridgehead atoms. The molecule has 0 aromatic rings. The minimum atomic E-state index is -0.796. The van der Waals surface area contributed by atoms with Gasteiger partial charge in [-0.15, -0.1) is 0 Å². The van der Waals surface area contributed by atoms with E-state index >= 15 is 0 Å². The summed E-state index contributed by atoms with van der Waals surface area (Å²) in [7, 11) is 1.31. The lowest BCUT2D eigenvalue weighted by molar-refractivity contribution is -0.232. The molecule has 0 amide bonds. The van der Waals surface area contributed by atoms with Gasteiger partial charge in [-0.1, -0.05) is 34.6 Å². The molecule has 0 radical (unpaired) electrons. The zero-order valence-electron chi connectivity index (χ0n) is 26.7. The van der Waals surface area contributed by atoms with E-state index in [0.29, 0.717) is 23.7 Å². The largest absolute Gasteiger partial charge is 0.469 e. The second-order valence-corrected chi connectivity index (χ2v) is 16.5. The first-order chi connectivity index (χ1) is 18.4. The molecule has 1 saturated heterocycles. The van der Waals surface area contributed by atoms with E-state index in [1.165, 1.54) is 39.2 Å². The number of carbonyl (C=O) groups excluding carboxylic acids is 2. The summed E-state index contributed by atoms with van der Waals surface area (Å²) in [6.45, 7) is 18.5. The Morgan fingerprint density at radius 3 is 2.10 bits per heavy atom. The number of fused-ring (bicyclic) bond motifs is 5. The molecule has 1 aliphatic heterocycles. The van der Waals surface area contributed by atoms with E-state index < -0.39 is 17.5 Å². The Kier molecular flexibility index (Phi) is 7.35. The third kappa shape index (κ3) is 4.39. The van der Waals surface area contributed by atoms with Gasteiger partial charge in [0, 0.05) is 5.41 Å². The third-order valence-corrected chi connectivity index (χ3v) is 14.0. The summed E-state index contributed by atoms with van der Waals surface area (Å²) in [5, 5.41) is 10.7. The van der Waals surface area contributed by atoms with Crippen LogP contribution < -0.4 is 0 Å². The molecule has 0 aromatic heterocycles. The molecule has 6 nitrogen and oxygen atoms in total. The Morgan fingerprint density at radius 1 is 0.800 bits per heavy atom. The molecule has 4 saturated carbocycles. The Balaban J connectivity index is 1.36. The highest BCUT2D eigenvalue weighted by molar-refractivity contribution is 5.91. The highest BCUT2D eigenvalue weighted by Gasteiger charge is 2.70. The van der Waals surface area contributed by atoms with E-state index in [0.717, 1.165) is 32.1 Å². The van der Waals surface area contributed by atoms with Crippen LogP contribution in [0.3, 0.4) is 0 Å². The summed E-state index contributed by atoms with van der Waals surface area (Å²) in [5.74, 6) is 1.32. The Hall–Kier alpha value is -1.14. The second-order valence-electron chi connectivity index (χ2n) is 16.5. The summed E-state index contributed by atoms with van der Waals surface area (Å²) in [5.41, 5.74) is -0.339. The minimum absolute atomic E-state index is 0.0789. The number of esters is 2. The van der Waals surface area contributed by atoms with E-state index in [2.05, 4.69) is 46.3 Å². The zero-order valence-corrected chi connectivity index (χ0v) is 26.7. The second kappa shape index (κ2) is 9.69. The minimum Gasteiger partial charge on any atom is -0.469 e. The van der Waals surface area contributed by atoms with Crippen LogP contribution in [0.4, 0.5) is 0 Å². The Morgan fingerprint density at radius 2 is 1.48 bits per heavy atom. The van der Waals surface area contributed by atoms with Gasteiger partial charge in [-0.2, -0.15) is 0 Å². The highest BCUT2D eigenvalue weighted by Crippen LogP contribution is 2.76. The molecule has 5 rings (SSSR count). The SMILES string of the molecule is COC(=O)CC(=O)O[C@@H]1CC[C@]2(C)[C@H]3CC[C@@H]4[C@@H]([C@]5(C)CC[C@H](C(C)(C)O)O5)CC[C@@]4(C)[C@]3(C)CC[C@H]2C1(C)C. The fourth-order valence-corrected chi connectivity index (χ4v) is 11.7. The first-order valence-electron chi connectivity index (χ1n) is 16.1. The number of carbonyl (C=O) groups is 2. The smallest absolute Gasteiger partial charge is 0.317 e. The van der Waals surface area contributed by atoms with Crippen molar-refractivity contribution in [2.24, 2.45) is 45.3 Å². The molecule has 1 N–H and O–H groups in total. The number of hydrogen-bond donors (Lipinski definition) is 1. The van der Waals surface area contributed by atoms with E-state index in [-0.39, 0.29) is 45.9 Å². The van der Waals surface area contributed by atoms with Gasteiger partial charge >= 0.3 is 11.9 Å². The number of methoxy groups -OCH3 is 1. The van der Waals surface area contributed by atoms with Crippen molar-refractivity contribution < 1.29 is 28.9 Å². The summed E-state index contributed by atoms with van der Waals surface area (Å²) >= 11 is 0. The topological polar surface area (TPSA) is 82.1 Å². The van der Waals surface area contributed by atoms with Gasteiger partial charge in [-0.05, 0) is 125 Å². The predicted molar refractivity (Wildman–Crippen MR) is 154 cm³/mol. The van der Waals surface area contributed by atoms with Crippen LogP contribution in [-0.4, -0.2) is 47.6 Å². The van der Waals surface area contributed by atoms with Crippen LogP contribution in [0.1, 0.15) is 126 Å². The van der Waals surface area contributed by atoms with Crippen molar-refractivity contribution in [3.05, 3.63) is 0 Å². The Bertz CT molecular complexity index is 1010. The van der Waals surface area contributed by atoms with E-state index in [4.69, 9.17) is 9.47 Å². The van der Waals surface area contributed by atoms with Crippen LogP contribution in [0.15, 0.2) is 0 Å². The van der Waals surface area contributed by atoms with Crippen molar-refractivity contribution in [3.63, 3.8) is 0 Å². The molecule has 6 heteroatoms. The van der Waals surface area contributed by atoms with E-state index in [9.17, 15) is 14.7 Å². The monoisotopic (exact) mass is 560 g/mol. The van der Waals surface area contributed by atoms with Gasteiger partial charge < -0.3 is 19.3 Å². The quantitative estimate of drug-likeness (QED) is 0.292. The molecule has 228 valence electrons. The Labute approximate surface area is 242 Å². The molecular formula is C34H56O6. The highest BCUT2D eigenvalue weighted by atomic mass is 16.6. The van der Waals surface area contributed by atoms with Gasteiger partial charge in [0.2, 0.25) is 0 Å². The third-order valence-electron chi connectivity index (χ3n) is 14.0. The number of rotatable bonds is 5. The fraction of sp³-hybridized carbons (Fsp3) is 0.941. The molecule has 40 heavy (non-hydrogen) atoms. The predicted octanol–water partition coefficient (Wildman–Crippen LogP) is 6.86. The van der Waals surface area contributed by atoms with Crippen molar-refractivity contribution in [1.29, 1.82) is 0 Å². The fourth-order valence-electron chi connectivity index (χ4n) is 11.7. The lowest BCUT2D eigenvalue weighted by atomic mass is 9.35. The van der Waals surface area contributed by atoms with Gasteiger partial charge in [0.15, 0.2) is 0 Å². The van der Waals surface area contributed by atoms with Crippen molar-refractivity contribution in [2.45, 2.75) is 149 Å². The van der Waals surface area contributed by atoms with Crippen LogP contribution in [0.25, 0.3) is 0 Å². The van der Waals surface area contributed by atoms with Crippen LogP contribution in [0, 0.1) is 45.3 Å². The van der Waals surface area contributed by atoms with Gasteiger partial charge in [-0.3, -0.25) is 9.59 Å². The molecule has 4 aliphatic carbocycles. The molecular weight excluding hydrogens is 504 g/mol. The number of aliphatic hydroxyl groups is 1. The van der Waals surface area contributed by atoms with Gasteiger partial charge in [0.25, 0.3) is 0 Å². The zero-order chi connectivity index (χ0) is 29.5. The summed E-state index contributed by atoms with van der Waals surface area (Å²) in [6, 6.07) is 0. The molecule has 0 aromatic carbocycles. The molecule has 0 spiro atoms. The normalized spacial score (nSPS) is 48.0. The van der Waals surface area contributed by atoms with Crippen molar-refractivity contribution in [1.82, 2.24) is 0 Å². The average Bonchev–Trinajstić information content (AvgIpc) is 3.43. The van der Waals surface area contributed by atoms with Crippen LogP contribution in [-0.2, 0) is 23.8 Å². The summed E-state index contributed by atoms with van der Waals surface area (Å²) in [6.07, 6.45) is 10.7. The summed E-state index contributed by atoms with van der Waals surface area (Å²) in [4.78, 5) is 24.2. The van der Waals surface area contributed by atoms with Gasteiger partial charge in [-0.25, -0.2) is 0 Å². The molecule has 5 fully saturated rings. The lowest BCUT2D eigenvalue weighted by Crippen LogP contribution is -2.64. The van der Waals surface area contributed by atoms with Crippen molar-refractivity contribution in [2.75, 3.05) is 7.11 Å².